The first-order valence-corrected chi connectivity index (χ1v) is 8.55. The zero-order valence-corrected chi connectivity index (χ0v) is 15.7. The van der Waals surface area contributed by atoms with E-state index in [1.54, 1.807) is 25.1 Å². The van der Waals surface area contributed by atoms with Gasteiger partial charge in [0.25, 0.3) is 5.91 Å². The van der Waals surface area contributed by atoms with Gasteiger partial charge in [0.2, 0.25) is 5.76 Å². The van der Waals surface area contributed by atoms with Crippen molar-refractivity contribution < 1.29 is 23.5 Å². The summed E-state index contributed by atoms with van der Waals surface area (Å²) < 4.78 is 16.1. The molecule has 6 heteroatoms. The standard InChI is InChI=1S/C21H21NO5/c1-12-9-10-18(25-4)16(11-12)22-20(23)14(3)26-21(24)19-13(2)15-7-5-6-8-17(15)27-19/h5-11,14H,1-4H3,(H,22,23)/t14-/m1/s1. The summed E-state index contributed by atoms with van der Waals surface area (Å²) >= 11 is 0. The van der Waals surface area contributed by atoms with Crippen LogP contribution in [0.15, 0.2) is 46.9 Å². The van der Waals surface area contributed by atoms with Crippen molar-refractivity contribution in [2.45, 2.75) is 26.9 Å². The molecule has 0 saturated carbocycles. The lowest BCUT2D eigenvalue weighted by atomic mass is 10.1. The Morgan fingerprint density at radius 3 is 2.56 bits per heavy atom. The van der Waals surface area contributed by atoms with Crippen molar-refractivity contribution in [3.63, 3.8) is 0 Å². The average molecular weight is 367 g/mol. The fourth-order valence-electron chi connectivity index (χ4n) is 2.79. The number of methoxy groups -OCH3 is 1. The number of nitrogens with one attached hydrogen (secondary N) is 1. The molecule has 2 aromatic carbocycles. The minimum Gasteiger partial charge on any atom is -0.495 e. The average Bonchev–Trinajstić information content (AvgIpc) is 2.99. The van der Waals surface area contributed by atoms with Crippen molar-refractivity contribution in [2.75, 3.05) is 12.4 Å². The second-order valence-corrected chi connectivity index (χ2v) is 6.29. The number of benzene rings is 2. The second kappa shape index (κ2) is 7.53. The molecule has 0 spiro atoms. The van der Waals surface area contributed by atoms with E-state index in [9.17, 15) is 9.59 Å². The van der Waals surface area contributed by atoms with Gasteiger partial charge in [-0.25, -0.2) is 4.79 Å². The Hall–Kier alpha value is -3.28. The van der Waals surface area contributed by atoms with Crippen molar-refractivity contribution in [3.05, 3.63) is 59.4 Å². The fraction of sp³-hybridized carbons (Fsp3) is 0.238. The Kier molecular flexibility index (Phi) is 5.16. The van der Waals surface area contributed by atoms with Gasteiger partial charge in [-0.1, -0.05) is 24.3 Å². The normalized spacial score (nSPS) is 11.9. The topological polar surface area (TPSA) is 77.8 Å². The van der Waals surface area contributed by atoms with E-state index >= 15 is 0 Å². The van der Waals surface area contributed by atoms with E-state index in [0.717, 1.165) is 10.9 Å². The third-order valence-corrected chi connectivity index (χ3v) is 4.29. The number of anilines is 1. The Labute approximate surface area is 157 Å². The summed E-state index contributed by atoms with van der Waals surface area (Å²) in [6, 6.07) is 12.8. The molecule has 3 rings (SSSR count). The van der Waals surface area contributed by atoms with Gasteiger partial charge in [0, 0.05) is 10.9 Å². The minimum absolute atomic E-state index is 0.101. The highest BCUT2D eigenvalue weighted by Gasteiger charge is 2.24. The van der Waals surface area contributed by atoms with Crippen LogP contribution in [-0.4, -0.2) is 25.1 Å². The van der Waals surface area contributed by atoms with Crippen LogP contribution in [0.4, 0.5) is 5.69 Å². The number of carbonyl (C=O) groups excluding carboxylic acids is 2. The van der Waals surface area contributed by atoms with Crippen LogP contribution in [0.1, 0.15) is 28.6 Å². The Morgan fingerprint density at radius 1 is 1.11 bits per heavy atom. The molecule has 1 N–H and O–H groups in total. The predicted octanol–water partition coefficient (Wildman–Crippen LogP) is 4.24. The highest BCUT2D eigenvalue weighted by Crippen LogP contribution is 2.27. The molecule has 6 nitrogen and oxygen atoms in total. The van der Waals surface area contributed by atoms with Crippen LogP contribution in [0.2, 0.25) is 0 Å². The molecular weight excluding hydrogens is 346 g/mol. The molecule has 0 aliphatic carbocycles. The minimum atomic E-state index is -1.00. The van der Waals surface area contributed by atoms with Gasteiger partial charge < -0.3 is 19.2 Å². The lowest BCUT2D eigenvalue weighted by molar-refractivity contribution is -0.123. The van der Waals surface area contributed by atoms with E-state index in [0.29, 0.717) is 22.6 Å². The molecule has 0 fully saturated rings. The summed E-state index contributed by atoms with van der Waals surface area (Å²) in [5.74, 6) is -0.506. The molecule has 1 amide bonds. The third kappa shape index (κ3) is 3.79. The molecule has 0 radical (unpaired) electrons. The number of ether oxygens (including phenoxy) is 2. The summed E-state index contributed by atoms with van der Waals surface area (Å²) in [4.78, 5) is 24.9. The second-order valence-electron chi connectivity index (χ2n) is 6.29. The maximum atomic E-state index is 12.5. The molecule has 3 aromatic rings. The molecular formula is C21H21NO5. The van der Waals surface area contributed by atoms with Crippen LogP contribution in [-0.2, 0) is 9.53 Å². The van der Waals surface area contributed by atoms with Crippen molar-refractivity contribution in [1.82, 2.24) is 0 Å². The Morgan fingerprint density at radius 2 is 1.85 bits per heavy atom. The van der Waals surface area contributed by atoms with E-state index in [1.807, 2.05) is 31.2 Å². The number of fused-ring (bicyclic) bond motifs is 1. The molecule has 0 unspecified atom stereocenters. The van der Waals surface area contributed by atoms with Gasteiger partial charge in [-0.2, -0.15) is 0 Å². The first kappa shape index (κ1) is 18.5. The maximum Gasteiger partial charge on any atom is 0.375 e. The number of esters is 1. The van der Waals surface area contributed by atoms with Crippen LogP contribution in [0.25, 0.3) is 11.0 Å². The zero-order valence-electron chi connectivity index (χ0n) is 15.7. The lowest BCUT2D eigenvalue weighted by Crippen LogP contribution is -2.30. The van der Waals surface area contributed by atoms with Gasteiger partial charge in [0.15, 0.2) is 6.10 Å². The van der Waals surface area contributed by atoms with E-state index in [4.69, 9.17) is 13.9 Å². The van der Waals surface area contributed by atoms with Crippen LogP contribution in [0, 0.1) is 13.8 Å². The van der Waals surface area contributed by atoms with Crippen LogP contribution in [0.5, 0.6) is 5.75 Å². The zero-order chi connectivity index (χ0) is 19.6. The van der Waals surface area contributed by atoms with Crippen LogP contribution >= 0.6 is 0 Å². The first-order chi connectivity index (χ1) is 12.9. The Bertz CT molecular complexity index is 1000. The van der Waals surface area contributed by atoms with Gasteiger partial charge >= 0.3 is 5.97 Å². The number of carbonyl (C=O) groups is 2. The summed E-state index contributed by atoms with van der Waals surface area (Å²) in [5, 5.41) is 3.57. The fourth-order valence-corrected chi connectivity index (χ4v) is 2.79. The monoisotopic (exact) mass is 367 g/mol. The van der Waals surface area contributed by atoms with E-state index in [-0.39, 0.29) is 5.76 Å². The summed E-state index contributed by atoms with van der Waals surface area (Å²) in [6.07, 6.45) is -1.00. The van der Waals surface area contributed by atoms with Gasteiger partial charge in [0.05, 0.1) is 12.8 Å². The van der Waals surface area contributed by atoms with Crippen LogP contribution in [0.3, 0.4) is 0 Å². The molecule has 27 heavy (non-hydrogen) atoms. The van der Waals surface area contributed by atoms with Crippen molar-refractivity contribution in [3.8, 4) is 5.75 Å². The molecule has 0 aliphatic rings. The van der Waals surface area contributed by atoms with Gasteiger partial charge in [-0.3, -0.25) is 4.79 Å². The number of amides is 1. The number of aryl methyl sites for hydroxylation is 2. The van der Waals surface area contributed by atoms with Crippen molar-refractivity contribution in [2.24, 2.45) is 0 Å². The molecule has 140 valence electrons. The number of furan rings is 1. The summed E-state index contributed by atoms with van der Waals surface area (Å²) in [7, 11) is 1.52. The summed E-state index contributed by atoms with van der Waals surface area (Å²) in [6.45, 7) is 5.20. The highest BCUT2D eigenvalue weighted by molar-refractivity contribution is 5.99. The maximum absolute atomic E-state index is 12.5. The number of hydrogen-bond acceptors (Lipinski definition) is 5. The molecule has 0 bridgehead atoms. The Balaban J connectivity index is 1.73. The number of para-hydroxylation sites is 1. The molecule has 1 heterocycles. The SMILES string of the molecule is COc1ccc(C)cc1NC(=O)[C@@H](C)OC(=O)c1oc2ccccc2c1C. The molecule has 1 atom stereocenters. The van der Waals surface area contributed by atoms with E-state index in [1.165, 1.54) is 14.0 Å². The van der Waals surface area contributed by atoms with Crippen LogP contribution < -0.4 is 10.1 Å². The third-order valence-electron chi connectivity index (χ3n) is 4.29. The summed E-state index contributed by atoms with van der Waals surface area (Å²) in [5.41, 5.74) is 2.77. The molecule has 1 aromatic heterocycles. The van der Waals surface area contributed by atoms with E-state index in [2.05, 4.69) is 5.32 Å². The van der Waals surface area contributed by atoms with Crippen molar-refractivity contribution >= 4 is 28.5 Å². The number of hydrogen-bond donors (Lipinski definition) is 1. The smallest absolute Gasteiger partial charge is 0.375 e. The predicted molar refractivity (Wildman–Crippen MR) is 102 cm³/mol. The number of rotatable bonds is 5. The molecule has 0 saturated heterocycles. The van der Waals surface area contributed by atoms with Gasteiger partial charge in [0.1, 0.15) is 11.3 Å². The quantitative estimate of drug-likeness (QED) is 0.683. The largest absolute Gasteiger partial charge is 0.495 e. The lowest BCUT2D eigenvalue weighted by Gasteiger charge is -2.15. The first-order valence-electron chi connectivity index (χ1n) is 8.55. The molecule has 0 aliphatic heterocycles. The van der Waals surface area contributed by atoms with Gasteiger partial charge in [-0.15, -0.1) is 0 Å². The highest BCUT2D eigenvalue weighted by atomic mass is 16.6. The van der Waals surface area contributed by atoms with Crippen molar-refractivity contribution in [1.29, 1.82) is 0 Å². The van der Waals surface area contributed by atoms with E-state index < -0.39 is 18.0 Å². The van der Waals surface area contributed by atoms with Gasteiger partial charge in [-0.05, 0) is 44.5 Å².